The van der Waals surface area contributed by atoms with E-state index in [1.54, 1.807) is 52.7 Å². The lowest BCUT2D eigenvalue weighted by atomic mass is 9.92. The fourth-order valence-corrected chi connectivity index (χ4v) is 7.59. The first kappa shape index (κ1) is 37.4. The van der Waals surface area contributed by atoms with Crippen LogP contribution in [-0.2, 0) is 18.3 Å². The van der Waals surface area contributed by atoms with E-state index in [0.29, 0.717) is 71.8 Å². The minimum absolute atomic E-state index is 0.0280. The predicted molar refractivity (Wildman–Crippen MR) is 205 cm³/mol. The summed E-state index contributed by atoms with van der Waals surface area (Å²) in [6.07, 6.45) is 5.06. The summed E-state index contributed by atoms with van der Waals surface area (Å²) in [4.78, 5) is 47.9. The van der Waals surface area contributed by atoms with E-state index in [1.807, 2.05) is 44.2 Å². The van der Waals surface area contributed by atoms with Crippen LogP contribution in [0.4, 0.5) is 0 Å². The molecule has 6 rings (SSSR count). The van der Waals surface area contributed by atoms with Crippen molar-refractivity contribution in [3.05, 3.63) is 109 Å². The molecule has 2 aromatic carbocycles. The lowest BCUT2D eigenvalue weighted by molar-refractivity contribution is -0.129. The van der Waals surface area contributed by atoms with Crippen molar-refractivity contribution >= 4 is 33.8 Å². The fourth-order valence-electron chi connectivity index (χ4n) is 7.23. The third-order valence-corrected chi connectivity index (χ3v) is 10.8. The highest BCUT2D eigenvalue weighted by Crippen LogP contribution is 2.39. The van der Waals surface area contributed by atoms with Crippen LogP contribution >= 0.6 is 15.9 Å². The van der Waals surface area contributed by atoms with Crippen molar-refractivity contribution in [2.24, 2.45) is 7.05 Å². The van der Waals surface area contributed by atoms with Gasteiger partial charge in [-0.2, -0.15) is 5.26 Å². The Kier molecular flexibility index (Phi) is 11.0. The molecule has 274 valence electrons. The first-order chi connectivity index (χ1) is 25.4. The number of aromatic nitrogens is 2. The van der Waals surface area contributed by atoms with Gasteiger partial charge >= 0.3 is 0 Å². The van der Waals surface area contributed by atoms with Crippen LogP contribution in [0, 0.1) is 25.2 Å². The molecular weight excluding hydrogens is 738 g/mol. The number of rotatable bonds is 8. The number of piperidine rings is 1. The number of amides is 2. The van der Waals surface area contributed by atoms with Crippen molar-refractivity contribution < 1.29 is 23.8 Å². The monoisotopic (exact) mass is 779 g/mol. The Morgan fingerprint density at radius 2 is 1.66 bits per heavy atom. The van der Waals surface area contributed by atoms with Gasteiger partial charge in [0.2, 0.25) is 0 Å². The zero-order valence-electron chi connectivity index (χ0n) is 30.7. The van der Waals surface area contributed by atoms with Gasteiger partial charge in [-0.25, -0.2) is 4.98 Å². The molecule has 4 heterocycles. The number of hydrogen-bond acceptors (Lipinski definition) is 8. The summed E-state index contributed by atoms with van der Waals surface area (Å²) in [6.45, 7) is 7.10. The third-order valence-electron chi connectivity index (χ3n) is 10.3. The molecule has 4 aromatic rings. The number of likely N-dealkylation sites (tertiary alicyclic amines) is 1. The largest absolute Gasteiger partial charge is 0.496 e. The molecule has 1 fully saturated rings. The number of halogens is 1. The van der Waals surface area contributed by atoms with Crippen molar-refractivity contribution in [2.75, 3.05) is 33.9 Å². The maximum absolute atomic E-state index is 14.0. The van der Waals surface area contributed by atoms with Gasteiger partial charge in [-0.05, 0) is 96.2 Å². The first-order valence-corrected chi connectivity index (χ1v) is 18.3. The number of carbonyl (C=O) groups is 2. The molecular formula is C41H42BrN5O6. The summed E-state index contributed by atoms with van der Waals surface area (Å²) < 4.78 is 20.3. The van der Waals surface area contributed by atoms with Crippen LogP contribution in [0.15, 0.2) is 69.7 Å². The van der Waals surface area contributed by atoms with E-state index in [9.17, 15) is 19.6 Å². The third kappa shape index (κ3) is 7.44. The molecule has 11 nitrogen and oxygen atoms in total. The standard InChI is InChI=1S/C41H42BrN5O6/c1-24-25(2)39(48)45(4)23-33(24)27-20-35(51-5)38(36(21-27)52-6)41(50)46-16-13-30(14-17-46)53-34-11-8-10-31-26(3)47(18-15-32(31)34)40(49)28(22-43)19-29-9-7-12-37(42)44-29/h7-12,19-21,23,26,30H,13-18H2,1-6H3/b28-19-. The lowest BCUT2D eigenvalue weighted by Gasteiger charge is -2.37. The van der Waals surface area contributed by atoms with E-state index < -0.39 is 0 Å². The maximum atomic E-state index is 14.0. The molecule has 0 radical (unpaired) electrons. The number of carbonyl (C=O) groups excluding carboxylic acids is 2. The first-order valence-electron chi connectivity index (χ1n) is 17.5. The number of ether oxygens (including phenoxy) is 3. The van der Waals surface area contributed by atoms with Crippen molar-refractivity contribution in [3.8, 4) is 34.4 Å². The molecule has 0 bridgehead atoms. The Morgan fingerprint density at radius 3 is 2.30 bits per heavy atom. The summed E-state index contributed by atoms with van der Waals surface area (Å²) in [5.41, 5.74) is 6.04. The van der Waals surface area contributed by atoms with E-state index in [1.165, 1.54) is 20.3 Å². The summed E-state index contributed by atoms with van der Waals surface area (Å²) >= 11 is 3.34. The highest BCUT2D eigenvalue weighted by atomic mass is 79.9. The summed E-state index contributed by atoms with van der Waals surface area (Å²) in [5.74, 6) is 1.05. The van der Waals surface area contributed by atoms with Crippen LogP contribution in [0.25, 0.3) is 17.2 Å². The topological polar surface area (TPSA) is 127 Å². The molecule has 0 aliphatic carbocycles. The minimum atomic E-state index is -0.337. The normalized spacial score (nSPS) is 16.1. The number of nitriles is 1. The molecule has 2 aliphatic rings. The average molecular weight is 781 g/mol. The van der Waals surface area contributed by atoms with Gasteiger partial charge in [0.25, 0.3) is 17.4 Å². The Bertz CT molecular complexity index is 2190. The smallest absolute Gasteiger partial charge is 0.265 e. The van der Waals surface area contributed by atoms with Gasteiger partial charge in [-0.3, -0.25) is 14.4 Å². The van der Waals surface area contributed by atoms with Gasteiger partial charge in [-0.1, -0.05) is 18.2 Å². The van der Waals surface area contributed by atoms with Gasteiger partial charge in [0.05, 0.1) is 26.0 Å². The van der Waals surface area contributed by atoms with E-state index >= 15 is 0 Å². The number of fused-ring (bicyclic) bond motifs is 1. The molecule has 2 aromatic heterocycles. The van der Waals surface area contributed by atoms with Crippen LogP contribution in [0.3, 0.4) is 0 Å². The predicted octanol–water partition coefficient (Wildman–Crippen LogP) is 6.58. The Labute approximate surface area is 317 Å². The van der Waals surface area contributed by atoms with Crippen LogP contribution in [0.2, 0.25) is 0 Å². The van der Waals surface area contributed by atoms with Crippen molar-refractivity contribution in [1.82, 2.24) is 19.4 Å². The summed E-state index contributed by atoms with van der Waals surface area (Å²) in [7, 11) is 4.79. The molecule has 0 spiro atoms. The zero-order valence-corrected chi connectivity index (χ0v) is 32.3. The van der Waals surface area contributed by atoms with Gasteiger partial charge in [-0.15, -0.1) is 0 Å². The SMILES string of the molecule is COc1cc(-c2cn(C)c(=O)c(C)c2C)cc(OC)c1C(=O)N1CCC(Oc2cccc3c2CCN(C(=O)/C(C#N)=C\c2cccc(Br)n2)C3C)CC1. The number of hydrogen-bond donors (Lipinski definition) is 0. The molecule has 12 heteroatoms. The van der Waals surface area contributed by atoms with E-state index in [4.69, 9.17) is 14.2 Å². The average Bonchev–Trinajstić information content (AvgIpc) is 3.17. The maximum Gasteiger partial charge on any atom is 0.265 e. The Morgan fingerprint density at radius 1 is 0.981 bits per heavy atom. The van der Waals surface area contributed by atoms with Crippen LogP contribution in [0.1, 0.15) is 64.1 Å². The summed E-state index contributed by atoms with van der Waals surface area (Å²) in [6, 6.07) is 16.7. The molecule has 2 amide bonds. The van der Waals surface area contributed by atoms with Crippen molar-refractivity contribution in [1.29, 1.82) is 5.26 Å². The fraction of sp³-hybridized carbons (Fsp3) is 0.341. The number of benzene rings is 2. The number of aryl methyl sites for hydroxylation is 1. The van der Waals surface area contributed by atoms with Gasteiger partial charge in [0.15, 0.2) is 0 Å². The van der Waals surface area contributed by atoms with E-state index in [-0.39, 0.29) is 35.1 Å². The second-order valence-corrected chi connectivity index (χ2v) is 14.2. The van der Waals surface area contributed by atoms with Gasteiger partial charge in [0.1, 0.15) is 45.2 Å². The quantitative estimate of drug-likeness (QED) is 0.112. The van der Waals surface area contributed by atoms with Gasteiger partial charge < -0.3 is 28.6 Å². The van der Waals surface area contributed by atoms with Crippen LogP contribution in [0.5, 0.6) is 17.2 Å². The molecule has 0 N–H and O–H groups in total. The van der Waals surface area contributed by atoms with Crippen molar-refractivity contribution in [3.63, 3.8) is 0 Å². The molecule has 0 saturated carbocycles. The number of methoxy groups -OCH3 is 2. The van der Waals surface area contributed by atoms with Gasteiger partial charge in [0, 0.05) is 62.4 Å². The van der Waals surface area contributed by atoms with Crippen LogP contribution in [-0.4, -0.2) is 71.1 Å². The molecule has 2 aliphatic heterocycles. The van der Waals surface area contributed by atoms with E-state index in [2.05, 4.69) is 27.0 Å². The highest BCUT2D eigenvalue weighted by Gasteiger charge is 2.33. The minimum Gasteiger partial charge on any atom is -0.496 e. The number of nitrogens with zero attached hydrogens (tertiary/aromatic N) is 5. The molecule has 53 heavy (non-hydrogen) atoms. The van der Waals surface area contributed by atoms with E-state index in [0.717, 1.165) is 33.6 Å². The molecule has 1 unspecified atom stereocenters. The Hall–Kier alpha value is -5.41. The lowest BCUT2D eigenvalue weighted by Crippen LogP contribution is -2.42. The highest BCUT2D eigenvalue weighted by molar-refractivity contribution is 9.10. The Balaban J connectivity index is 1.15. The number of pyridine rings is 2. The molecule has 1 saturated heterocycles. The second kappa shape index (κ2) is 15.7. The van der Waals surface area contributed by atoms with Crippen LogP contribution < -0.4 is 19.8 Å². The zero-order chi connectivity index (χ0) is 38.0. The molecule has 1 atom stereocenters. The second-order valence-electron chi connectivity index (χ2n) is 13.4. The van der Waals surface area contributed by atoms with Crippen molar-refractivity contribution in [2.45, 2.75) is 52.2 Å². The summed E-state index contributed by atoms with van der Waals surface area (Å²) in [5, 5.41) is 9.85.